The van der Waals surface area contributed by atoms with Crippen LogP contribution in [-0.2, 0) is 6.42 Å². The number of fused-ring (bicyclic) bond motifs is 1. The second-order valence-corrected chi connectivity index (χ2v) is 6.46. The van der Waals surface area contributed by atoms with Crippen molar-refractivity contribution in [2.24, 2.45) is 0 Å². The molecule has 1 heterocycles. The largest absolute Gasteiger partial charge is 0.494 e. The molecule has 0 saturated heterocycles. The van der Waals surface area contributed by atoms with Crippen LogP contribution in [-0.4, -0.2) is 11.2 Å². The Hall–Kier alpha value is -2.19. The van der Waals surface area contributed by atoms with Crippen molar-refractivity contribution in [3.63, 3.8) is 0 Å². The van der Waals surface area contributed by atoms with Crippen molar-refractivity contribution in [1.82, 2.24) is 4.57 Å². The van der Waals surface area contributed by atoms with Crippen LogP contribution in [0.15, 0.2) is 49.2 Å². The van der Waals surface area contributed by atoms with E-state index in [1.807, 2.05) is 32.2 Å². The van der Waals surface area contributed by atoms with E-state index in [2.05, 4.69) is 41.6 Å². The Bertz CT molecular complexity index is 856. The molecule has 0 unspecified atom stereocenters. The molecule has 0 aliphatic heterocycles. The number of aromatic nitrogens is 1. The van der Waals surface area contributed by atoms with E-state index < -0.39 is 0 Å². The van der Waals surface area contributed by atoms with Crippen molar-refractivity contribution in [1.29, 1.82) is 0 Å². The van der Waals surface area contributed by atoms with Crippen LogP contribution < -0.4 is 4.74 Å². The Morgan fingerprint density at radius 3 is 2.58 bits per heavy atom. The minimum atomic E-state index is 0.689. The van der Waals surface area contributed by atoms with Gasteiger partial charge in [-0.1, -0.05) is 36.4 Å². The summed E-state index contributed by atoms with van der Waals surface area (Å²) in [6, 6.07) is 12.4. The summed E-state index contributed by atoms with van der Waals surface area (Å²) in [5, 5.41) is 2.11. The topological polar surface area (TPSA) is 14.2 Å². The average Bonchev–Trinajstić information content (AvgIpc) is 2.94. The van der Waals surface area contributed by atoms with E-state index in [4.69, 9.17) is 16.3 Å². The smallest absolute Gasteiger partial charge is 0.119 e. The molecule has 0 radical (unpaired) electrons. The van der Waals surface area contributed by atoms with Crippen LogP contribution in [0, 0.1) is 13.8 Å². The van der Waals surface area contributed by atoms with Crippen LogP contribution >= 0.6 is 11.6 Å². The van der Waals surface area contributed by atoms with E-state index in [-0.39, 0.29) is 0 Å². The van der Waals surface area contributed by atoms with Crippen LogP contribution in [0.3, 0.4) is 0 Å². The summed E-state index contributed by atoms with van der Waals surface area (Å²) in [6.07, 6.45) is 5.95. The minimum Gasteiger partial charge on any atom is -0.494 e. The minimum absolute atomic E-state index is 0.689. The maximum Gasteiger partial charge on any atom is 0.119 e. The fraction of sp³-hybridized carbons (Fsp3) is 0.238. The molecular weight excluding hydrogens is 318 g/mol. The Labute approximate surface area is 148 Å². The van der Waals surface area contributed by atoms with Gasteiger partial charge in [-0.25, -0.2) is 0 Å². The molecule has 0 atom stereocenters. The Morgan fingerprint density at radius 2 is 1.88 bits per heavy atom. The summed E-state index contributed by atoms with van der Waals surface area (Å²) in [6.45, 7) is 8.58. The van der Waals surface area contributed by atoms with Gasteiger partial charge >= 0.3 is 0 Å². The predicted molar refractivity (Wildman–Crippen MR) is 103 cm³/mol. The molecule has 1 aromatic heterocycles. The zero-order valence-corrected chi connectivity index (χ0v) is 14.9. The molecule has 3 rings (SSSR count). The number of rotatable bonds is 6. The molecule has 24 heavy (non-hydrogen) atoms. The molecule has 3 heteroatoms. The first kappa shape index (κ1) is 16.7. The van der Waals surface area contributed by atoms with Gasteiger partial charge in [0.25, 0.3) is 0 Å². The van der Waals surface area contributed by atoms with Crippen molar-refractivity contribution in [2.45, 2.75) is 26.7 Å². The van der Waals surface area contributed by atoms with Crippen molar-refractivity contribution in [3.8, 4) is 5.75 Å². The molecule has 0 bridgehead atoms. The molecule has 3 aromatic rings. The van der Waals surface area contributed by atoms with Crippen LogP contribution in [0.4, 0.5) is 0 Å². The lowest BCUT2D eigenvalue weighted by atomic mass is 10.1. The second kappa shape index (κ2) is 7.14. The molecule has 0 aliphatic rings. The number of nitrogens with zero attached hydrogens (tertiary/aromatic N) is 1. The van der Waals surface area contributed by atoms with Crippen LogP contribution in [0.5, 0.6) is 5.75 Å². The maximum absolute atomic E-state index is 6.20. The summed E-state index contributed by atoms with van der Waals surface area (Å²) in [5.41, 5.74) is 4.64. The van der Waals surface area contributed by atoms with Crippen molar-refractivity contribution >= 4 is 28.7 Å². The molecule has 2 aromatic carbocycles. The highest BCUT2D eigenvalue weighted by molar-refractivity contribution is 6.32. The maximum atomic E-state index is 6.20. The van der Waals surface area contributed by atoms with Gasteiger partial charge in [0.05, 0.1) is 12.1 Å². The molecule has 0 aliphatic carbocycles. The first-order chi connectivity index (χ1) is 11.6. The van der Waals surface area contributed by atoms with E-state index in [9.17, 15) is 0 Å². The molecule has 0 N–H and O–H groups in total. The van der Waals surface area contributed by atoms with Gasteiger partial charge in [-0.05, 0) is 61.6 Å². The van der Waals surface area contributed by atoms with E-state index in [1.54, 1.807) is 0 Å². The first-order valence-corrected chi connectivity index (χ1v) is 8.58. The molecule has 0 fully saturated rings. The third-order valence-electron chi connectivity index (χ3n) is 4.29. The number of hydrogen-bond donors (Lipinski definition) is 0. The van der Waals surface area contributed by atoms with Gasteiger partial charge in [-0.3, -0.25) is 0 Å². The zero-order valence-electron chi connectivity index (χ0n) is 14.2. The summed E-state index contributed by atoms with van der Waals surface area (Å²) in [4.78, 5) is 0. The highest BCUT2D eigenvalue weighted by Gasteiger charge is 2.07. The SMILES string of the molecule is C=Cn1cc(CCCOc2cc(C)c(Cl)c(C)c2)c2ccccc21. The molecule has 0 spiro atoms. The van der Waals surface area contributed by atoms with Crippen molar-refractivity contribution in [2.75, 3.05) is 6.61 Å². The zero-order chi connectivity index (χ0) is 17.1. The molecular formula is C21H22ClNO. The number of para-hydroxylation sites is 1. The lowest BCUT2D eigenvalue weighted by Crippen LogP contribution is -2.00. The van der Waals surface area contributed by atoms with Crippen molar-refractivity contribution in [3.05, 3.63) is 70.9 Å². The van der Waals surface area contributed by atoms with Gasteiger partial charge in [0, 0.05) is 22.8 Å². The first-order valence-electron chi connectivity index (χ1n) is 8.20. The van der Waals surface area contributed by atoms with E-state index in [1.165, 1.54) is 16.5 Å². The normalized spacial score (nSPS) is 11.0. The standard InChI is InChI=1S/C21H22ClNO/c1-4-23-14-17(19-9-5-6-10-20(19)23)8-7-11-24-18-12-15(2)21(22)16(3)13-18/h4-6,9-10,12-14H,1,7-8,11H2,2-3H3. The Morgan fingerprint density at radius 1 is 1.17 bits per heavy atom. The van der Waals surface area contributed by atoms with Crippen molar-refractivity contribution < 1.29 is 4.74 Å². The fourth-order valence-corrected chi connectivity index (χ4v) is 3.18. The fourth-order valence-electron chi connectivity index (χ4n) is 3.07. The summed E-state index contributed by atoms with van der Waals surface area (Å²) in [5.74, 6) is 0.892. The summed E-state index contributed by atoms with van der Waals surface area (Å²) < 4.78 is 7.98. The van der Waals surface area contributed by atoms with E-state index >= 15 is 0 Å². The third kappa shape index (κ3) is 3.34. The highest BCUT2D eigenvalue weighted by atomic mass is 35.5. The van der Waals surface area contributed by atoms with Crippen LogP contribution in [0.1, 0.15) is 23.1 Å². The van der Waals surface area contributed by atoms with Gasteiger partial charge in [-0.15, -0.1) is 0 Å². The van der Waals surface area contributed by atoms with Crippen LogP contribution in [0.2, 0.25) is 5.02 Å². The van der Waals surface area contributed by atoms with Gasteiger partial charge in [-0.2, -0.15) is 0 Å². The number of halogens is 1. The van der Waals surface area contributed by atoms with Gasteiger partial charge in [0.15, 0.2) is 0 Å². The molecule has 0 amide bonds. The Balaban J connectivity index is 1.64. The number of benzene rings is 2. The van der Waals surface area contributed by atoms with Gasteiger partial charge in [0.1, 0.15) is 5.75 Å². The summed E-state index contributed by atoms with van der Waals surface area (Å²) in [7, 11) is 0. The highest BCUT2D eigenvalue weighted by Crippen LogP contribution is 2.26. The van der Waals surface area contributed by atoms with Gasteiger partial charge < -0.3 is 9.30 Å². The van der Waals surface area contributed by atoms with E-state index in [0.717, 1.165) is 34.7 Å². The van der Waals surface area contributed by atoms with E-state index in [0.29, 0.717) is 6.61 Å². The number of hydrogen-bond acceptors (Lipinski definition) is 1. The second-order valence-electron chi connectivity index (χ2n) is 6.08. The predicted octanol–water partition coefficient (Wildman–Crippen LogP) is 6.02. The average molecular weight is 340 g/mol. The molecule has 2 nitrogen and oxygen atoms in total. The lowest BCUT2D eigenvalue weighted by Gasteiger charge is -2.10. The van der Waals surface area contributed by atoms with Gasteiger partial charge in [0.2, 0.25) is 0 Å². The van der Waals surface area contributed by atoms with Crippen LogP contribution in [0.25, 0.3) is 17.1 Å². The Kier molecular flexibility index (Phi) is 4.96. The lowest BCUT2D eigenvalue weighted by molar-refractivity contribution is 0.311. The summed E-state index contributed by atoms with van der Waals surface area (Å²) >= 11 is 6.20. The number of aryl methyl sites for hydroxylation is 3. The quantitative estimate of drug-likeness (QED) is 0.500. The monoisotopic (exact) mass is 339 g/mol. The number of ether oxygens (including phenoxy) is 1. The molecule has 0 saturated carbocycles. The third-order valence-corrected chi connectivity index (χ3v) is 4.89. The molecule has 124 valence electrons.